The molecule has 0 radical (unpaired) electrons. The van der Waals surface area contributed by atoms with E-state index in [0.717, 1.165) is 49.3 Å². The Labute approximate surface area is 232 Å². The molecule has 1 fully saturated rings. The molecule has 0 spiro atoms. The van der Waals surface area contributed by atoms with Gasteiger partial charge in [0.1, 0.15) is 6.33 Å². The molecule has 5 rings (SSSR count). The van der Waals surface area contributed by atoms with Crippen LogP contribution in [0.15, 0.2) is 90.8 Å². The van der Waals surface area contributed by atoms with Crippen LogP contribution in [0.5, 0.6) is 0 Å². The topological polar surface area (TPSA) is 51.0 Å². The number of hydrogen-bond donors (Lipinski definition) is 0. The SMILES string of the molecule is CC(=O)/C(=C\c1ccc(C)cc1C)C(c1nncn1Cc1ccccc1)N1CCC(Cc2ccccc2)CC1. The normalized spacial score (nSPS) is 15.8. The standard InChI is InChI=1S/C34H38N4O/c1-25-14-15-31(26(2)20-25)22-32(27(3)39)33(34-36-35-24-38(34)23-30-12-8-5-9-13-30)37-18-16-29(17-19-37)21-28-10-6-4-7-11-28/h4-15,20,22,24,29,33H,16-19,21,23H2,1-3H3/b32-22+. The van der Waals surface area contributed by atoms with Gasteiger partial charge in [0, 0.05) is 5.57 Å². The van der Waals surface area contributed by atoms with Crippen LogP contribution in [0.3, 0.4) is 0 Å². The van der Waals surface area contributed by atoms with Crippen molar-refractivity contribution >= 4 is 11.9 Å². The van der Waals surface area contributed by atoms with Crippen molar-refractivity contribution in [3.05, 3.63) is 124 Å². The molecule has 0 aliphatic carbocycles. The molecule has 4 aromatic rings. The minimum Gasteiger partial charge on any atom is -0.311 e. The van der Waals surface area contributed by atoms with E-state index >= 15 is 0 Å². The van der Waals surface area contributed by atoms with Crippen molar-refractivity contribution < 1.29 is 4.79 Å². The third-order valence-corrected chi connectivity index (χ3v) is 7.90. The Morgan fingerprint density at radius 3 is 2.26 bits per heavy atom. The number of carbonyl (C=O) groups is 1. The van der Waals surface area contributed by atoms with Gasteiger partial charge in [-0.3, -0.25) is 9.69 Å². The van der Waals surface area contributed by atoms with Crippen LogP contribution in [0.2, 0.25) is 0 Å². The first kappa shape index (κ1) is 26.8. The summed E-state index contributed by atoms with van der Waals surface area (Å²) in [6.45, 7) is 8.39. The van der Waals surface area contributed by atoms with E-state index in [1.807, 2.05) is 6.07 Å². The van der Waals surface area contributed by atoms with Crippen LogP contribution in [-0.4, -0.2) is 38.5 Å². The Balaban J connectivity index is 1.48. The van der Waals surface area contributed by atoms with Gasteiger partial charge in [-0.25, -0.2) is 0 Å². The second kappa shape index (κ2) is 12.4. The van der Waals surface area contributed by atoms with Crippen molar-refractivity contribution in [2.24, 2.45) is 5.92 Å². The lowest BCUT2D eigenvalue weighted by Gasteiger charge is -2.38. The van der Waals surface area contributed by atoms with Crippen LogP contribution in [0.4, 0.5) is 0 Å². The molecule has 200 valence electrons. The molecule has 1 atom stereocenters. The smallest absolute Gasteiger partial charge is 0.157 e. The van der Waals surface area contributed by atoms with Gasteiger partial charge in [-0.05, 0) is 87.4 Å². The summed E-state index contributed by atoms with van der Waals surface area (Å²) in [4.78, 5) is 15.8. The molecule has 0 bridgehead atoms. The molecule has 1 unspecified atom stereocenters. The van der Waals surface area contributed by atoms with E-state index < -0.39 is 0 Å². The van der Waals surface area contributed by atoms with Gasteiger partial charge in [0.15, 0.2) is 11.6 Å². The van der Waals surface area contributed by atoms with Crippen molar-refractivity contribution in [3.8, 4) is 0 Å². The molecule has 5 nitrogen and oxygen atoms in total. The average Bonchev–Trinajstić information content (AvgIpc) is 3.39. The second-order valence-electron chi connectivity index (χ2n) is 10.9. The van der Waals surface area contributed by atoms with E-state index in [1.165, 1.54) is 22.3 Å². The first-order valence-electron chi connectivity index (χ1n) is 14.0. The highest BCUT2D eigenvalue weighted by Crippen LogP contribution is 2.34. The largest absolute Gasteiger partial charge is 0.311 e. The zero-order valence-electron chi connectivity index (χ0n) is 23.3. The van der Waals surface area contributed by atoms with Crippen LogP contribution >= 0.6 is 0 Å². The van der Waals surface area contributed by atoms with Crippen LogP contribution in [0, 0.1) is 19.8 Å². The van der Waals surface area contributed by atoms with Gasteiger partial charge >= 0.3 is 0 Å². The van der Waals surface area contributed by atoms with Gasteiger partial charge in [-0.2, -0.15) is 0 Å². The molecule has 0 saturated carbocycles. The Bertz CT molecular complexity index is 1420. The fraction of sp³-hybridized carbons (Fsp3) is 0.324. The lowest BCUT2D eigenvalue weighted by atomic mass is 9.88. The predicted molar refractivity (Wildman–Crippen MR) is 157 cm³/mol. The predicted octanol–water partition coefficient (Wildman–Crippen LogP) is 6.61. The molecule has 0 amide bonds. The number of rotatable bonds is 9. The van der Waals surface area contributed by atoms with Crippen LogP contribution in [-0.2, 0) is 17.8 Å². The molecule has 3 aromatic carbocycles. The summed E-state index contributed by atoms with van der Waals surface area (Å²) in [5.41, 5.74) is 6.80. The van der Waals surface area contributed by atoms with Crippen LogP contribution in [0.1, 0.15) is 59.4 Å². The van der Waals surface area contributed by atoms with Crippen LogP contribution in [0.25, 0.3) is 6.08 Å². The molecule has 1 aliphatic heterocycles. The molecule has 0 N–H and O–H groups in total. The number of benzene rings is 3. The third-order valence-electron chi connectivity index (χ3n) is 7.90. The van der Waals surface area contributed by atoms with Crippen molar-refractivity contribution in [1.29, 1.82) is 0 Å². The molecular weight excluding hydrogens is 480 g/mol. The number of likely N-dealkylation sites (tertiary alicyclic amines) is 1. The number of ketones is 1. The zero-order chi connectivity index (χ0) is 27.2. The summed E-state index contributed by atoms with van der Waals surface area (Å²) < 4.78 is 2.11. The number of carbonyl (C=O) groups excluding carboxylic acids is 1. The summed E-state index contributed by atoms with van der Waals surface area (Å²) in [7, 11) is 0. The van der Waals surface area contributed by atoms with Crippen LogP contribution < -0.4 is 0 Å². The van der Waals surface area contributed by atoms with Crippen molar-refractivity contribution in [2.45, 2.75) is 52.6 Å². The minimum absolute atomic E-state index is 0.0700. The van der Waals surface area contributed by atoms with E-state index in [0.29, 0.717) is 12.5 Å². The maximum atomic E-state index is 13.3. The van der Waals surface area contributed by atoms with Crippen molar-refractivity contribution in [3.63, 3.8) is 0 Å². The van der Waals surface area contributed by atoms with E-state index in [2.05, 4.69) is 112 Å². The van der Waals surface area contributed by atoms with E-state index in [4.69, 9.17) is 0 Å². The highest BCUT2D eigenvalue weighted by Gasteiger charge is 2.34. The van der Waals surface area contributed by atoms with Gasteiger partial charge in [-0.1, -0.05) is 84.4 Å². The summed E-state index contributed by atoms with van der Waals surface area (Å²) in [6, 6.07) is 27.3. The first-order chi connectivity index (χ1) is 19.0. The van der Waals surface area contributed by atoms with Crippen molar-refractivity contribution in [1.82, 2.24) is 19.7 Å². The number of hydrogen-bond acceptors (Lipinski definition) is 4. The van der Waals surface area contributed by atoms with Gasteiger partial charge in [0.25, 0.3) is 0 Å². The summed E-state index contributed by atoms with van der Waals surface area (Å²) in [5.74, 6) is 1.53. The van der Waals surface area contributed by atoms with Crippen molar-refractivity contribution in [2.75, 3.05) is 13.1 Å². The summed E-state index contributed by atoms with van der Waals surface area (Å²) in [6.07, 6.45) is 7.16. The first-order valence-corrected chi connectivity index (χ1v) is 14.0. The fourth-order valence-electron chi connectivity index (χ4n) is 5.77. The number of nitrogens with zero attached hydrogens (tertiary/aromatic N) is 4. The molecule has 1 aromatic heterocycles. The maximum absolute atomic E-state index is 13.3. The molecular formula is C34H38N4O. The highest BCUT2D eigenvalue weighted by atomic mass is 16.1. The minimum atomic E-state index is -0.257. The summed E-state index contributed by atoms with van der Waals surface area (Å²) >= 11 is 0. The van der Waals surface area contributed by atoms with E-state index in [9.17, 15) is 4.79 Å². The Kier molecular flexibility index (Phi) is 8.48. The van der Waals surface area contributed by atoms with Gasteiger partial charge < -0.3 is 4.57 Å². The quantitative estimate of drug-likeness (QED) is 0.234. The monoisotopic (exact) mass is 518 g/mol. The Hall–Kier alpha value is -3.83. The molecule has 1 saturated heterocycles. The Morgan fingerprint density at radius 1 is 0.949 bits per heavy atom. The maximum Gasteiger partial charge on any atom is 0.157 e. The number of piperidine rings is 1. The van der Waals surface area contributed by atoms with Gasteiger partial charge in [0.05, 0.1) is 12.6 Å². The number of Topliss-reactive ketones (excluding diaryl/α,β-unsaturated/α-hetero) is 1. The van der Waals surface area contributed by atoms with E-state index in [1.54, 1.807) is 13.3 Å². The number of aromatic nitrogens is 3. The number of aryl methyl sites for hydroxylation is 2. The lowest BCUT2D eigenvalue weighted by molar-refractivity contribution is -0.114. The molecule has 1 aliphatic rings. The zero-order valence-corrected chi connectivity index (χ0v) is 23.3. The molecule has 5 heteroatoms. The summed E-state index contributed by atoms with van der Waals surface area (Å²) in [5, 5.41) is 8.96. The second-order valence-corrected chi connectivity index (χ2v) is 10.9. The Morgan fingerprint density at radius 2 is 1.62 bits per heavy atom. The highest BCUT2D eigenvalue weighted by molar-refractivity contribution is 5.99. The van der Waals surface area contributed by atoms with E-state index in [-0.39, 0.29) is 11.8 Å². The van der Waals surface area contributed by atoms with Gasteiger partial charge in [0.2, 0.25) is 0 Å². The average molecular weight is 519 g/mol. The molecule has 2 heterocycles. The third kappa shape index (κ3) is 6.61. The molecule has 39 heavy (non-hydrogen) atoms. The van der Waals surface area contributed by atoms with Gasteiger partial charge in [-0.15, -0.1) is 10.2 Å². The fourth-order valence-corrected chi connectivity index (χ4v) is 5.77. The lowest BCUT2D eigenvalue weighted by Crippen LogP contribution is -2.40.